The lowest BCUT2D eigenvalue weighted by Crippen LogP contribution is -2.70. The first-order chi connectivity index (χ1) is 22.0. The van der Waals surface area contributed by atoms with Gasteiger partial charge < -0.3 is 43.2 Å². The van der Waals surface area contributed by atoms with E-state index in [9.17, 15) is 43.7 Å². The van der Waals surface area contributed by atoms with Gasteiger partial charge in [0.25, 0.3) is 11.6 Å². The number of nitrogens with one attached hydrogen (secondary N) is 1. The molecule has 1 aromatic carbocycles. The van der Waals surface area contributed by atoms with Gasteiger partial charge in [-0.1, -0.05) is 0 Å². The highest BCUT2D eigenvalue weighted by Crippen LogP contribution is 2.38. The Kier molecular flexibility index (Phi) is 13.6. The second kappa shape index (κ2) is 16.8. The lowest BCUT2D eigenvalue weighted by atomic mass is 9.88. The molecule has 1 aliphatic rings. The Labute approximate surface area is 267 Å². The van der Waals surface area contributed by atoms with Gasteiger partial charge in [-0.3, -0.25) is 38.9 Å². The third-order valence-corrected chi connectivity index (χ3v) is 6.19. The number of benzene rings is 1. The zero-order chi connectivity index (χ0) is 35.5. The number of amides is 1. The van der Waals surface area contributed by atoms with Gasteiger partial charge in [-0.25, -0.2) is 4.79 Å². The molecule has 0 aromatic heterocycles. The Hall–Kier alpha value is -5.33. The monoisotopic (exact) mass is 670 g/mol. The molecule has 0 bridgehead atoms. The van der Waals surface area contributed by atoms with E-state index < -0.39 is 103 Å². The van der Waals surface area contributed by atoms with Gasteiger partial charge in [-0.05, 0) is 12.1 Å². The number of ether oxygens (including phenoxy) is 8. The van der Waals surface area contributed by atoms with Crippen LogP contribution in [0.15, 0.2) is 24.3 Å². The maximum Gasteiger partial charge on any atom is 0.379 e. The van der Waals surface area contributed by atoms with Crippen LogP contribution in [0.2, 0.25) is 0 Å². The van der Waals surface area contributed by atoms with Crippen LogP contribution < -0.4 is 10.1 Å². The molecule has 1 aliphatic heterocycles. The number of carbonyl (C=O) groups is 7. The van der Waals surface area contributed by atoms with E-state index >= 15 is 0 Å². The number of carbonyl (C=O) groups excluding carboxylic acids is 7. The Balaban J connectivity index is 2.81. The molecule has 258 valence electrons. The van der Waals surface area contributed by atoms with Crippen LogP contribution in [-0.4, -0.2) is 103 Å². The van der Waals surface area contributed by atoms with Crippen molar-refractivity contribution in [2.24, 2.45) is 0 Å². The number of nitro groups is 1. The summed E-state index contributed by atoms with van der Waals surface area (Å²) in [7, 11) is 0.960. The minimum atomic E-state index is -2.59. The summed E-state index contributed by atoms with van der Waals surface area (Å²) >= 11 is 0. The average molecular weight is 671 g/mol. The van der Waals surface area contributed by atoms with E-state index in [1.54, 1.807) is 0 Å². The highest BCUT2D eigenvalue weighted by molar-refractivity contribution is 5.81. The van der Waals surface area contributed by atoms with Crippen LogP contribution in [0.5, 0.6) is 5.75 Å². The molecule has 2 rings (SSSR count). The molecule has 1 heterocycles. The Morgan fingerprint density at radius 2 is 1.51 bits per heavy atom. The van der Waals surface area contributed by atoms with Gasteiger partial charge in [0.05, 0.1) is 24.5 Å². The van der Waals surface area contributed by atoms with Gasteiger partial charge in [0.2, 0.25) is 0 Å². The van der Waals surface area contributed by atoms with Crippen molar-refractivity contribution < 1.29 is 76.4 Å². The van der Waals surface area contributed by atoms with Gasteiger partial charge in [0, 0.05) is 46.8 Å². The van der Waals surface area contributed by atoms with Crippen molar-refractivity contribution in [2.45, 2.75) is 77.3 Å². The zero-order valence-corrected chi connectivity index (χ0v) is 26.2. The Bertz CT molecular complexity index is 1360. The van der Waals surface area contributed by atoms with Crippen LogP contribution in [0.4, 0.5) is 5.69 Å². The molecule has 1 aromatic rings. The molecule has 0 aliphatic carbocycles. The molecule has 1 saturated heterocycles. The van der Waals surface area contributed by atoms with Gasteiger partial charge >= 0.3 is 41.6 Å². The molecule has 1 amide bonds. The average Bonchev–Trinajstić information content (AvgIpc) is 2.97. The largest absolute Gasteiger partial charge is 0.464 e. The Morgan fingerprint density at radius 1 is 0.915 bits per heavy atom. The number of nitro benzene ring substituents is 1. The molecular weight excluding hydrogens is 636 g/mol. The molecule has 6 unspecified atom stereocenters. The van der Waals surface area contributed by atoms with Crippen molar-refractivity contribution in [1.29, 1.82) is 0 Å². The Morgan fingerprint density at radius 3 is 2.00 bits per heavy atom. The van der Waals surface area contributed by atoms with E-state index in [1.807, 2.05) is 0 Å². The molecule has 19 nitrogen and oxygen atoms in total. The fraction of sp³-hybridized carbons (Fsp3) is 0.536. The molecule has 6 atom stereocenters. The van der Waals surface area contributed by atoms with Gasteiger partial charge in [0.1, 0.15) is 24.6 Å². The molecule has 0 spiro atoms. The molecule has 19 heteroatoms. The summed E-state index contributed by atoms with van der Waals surface area (Å²) < 4.78 is 42.9. The summed E-state index contributed by atoms with van der Waals surface area (Å²) in [4.78, 5) is 96.6. The number of rotatable bonds is 14. The zero-order valence-electron chi connectivity index (χ0n) is 26.2. The highest BCUT2D eigenvalue weighted by atomic mass is 16.7. The van der Waals surface area contributed by atoms with Crippen LogP contribution in [0.3, 0.4) is 0 Å². The maximum absolute atomic E-state index is 13.4. The predicted octanol–water partition coefficient (Wildman–Crippen LogP) is 0.0379. The first kappa shape index (κ1) is 37.9. The van der Waals surface area contributed by atoms with Gasteiger partial charge in [-0.15, -0.1) is 0 Å². The number of esters is 6. The van der Waals surface area contributed by atoms with E-state index in [4.69, 9.17) is 37.9 Å². The summed E-state index contributed by atoms with van der Waals surface area (Å²) in [6, 6.07) is 2.79. The summed E-state index contributed by atoms with van der Waals surface area (Å²) in [6.45, 7) is 3.48. The second-order valence-electron chi connectivity index (χ2n) is 9.93. The molecule has 1 fully saturated rings. The minimum absolute atomic E-state index is 0.181. The number of nitrogens with zero attached hydrogens (tertiary/aromatic N) is 1. The first-order valence-electron chi connectivity index (χ1n) is 13.8. The summed E-state index contributed by atoms with van der Waals surface area (Å²) in [5.74, 6) is -9.50. The maximum atomic E-state index is 13.4. The van der Waals surface area contributed by atoms with Crippen LogP contribution in [0.1, 0.15) is 41.0 Å². The van der Waals surface area contributed by atoms with Crippen molar-refractivity contribution in [1.82, 2.24) is 5.32 Å². The van der Waals surface area contributed by atoms with Gasteiger partial charge in [-0.2, -0.15) is 0 Å². The summed E-state index contributed by atoms with van der Waals surface area (Å²) in [6.07, 6.45) is -7.63. The van der Waals surface area contributed by atoms with Crippen LogP contribution in [0.25, 0.3) is 0 Å². The summed E-state index contributed by atoms with van der Waals surface area (Å²) in [5, 5.41) is 13.6. The molecule has 1 N–H and O–H groups in total. The van der Waals surface area contributed by atoms with Gasteiger partial charge in [0.15, 0.2) is 18.8 Å². The van der Waals surface area contributed by atoms with Crippen LogP contribution >= 0.6 is 0 Å². The van der Waals surface area contributed by atoms with Crippen molar-refractivity contribution >= 4 is 47.4 Å². The minimum Gasteiger partial charge on any atom is -0.464 e. The smallest absolute Gasteiger partial charge is 0.379 e. The quantitative estimate of drug-likeness (QED) is 0.119. The standard InChI is InChI=1S/C28H34N2O17/c1-14(31)41-12-22(44-17(4)34)25(45-18(5)35)26-24(29-23(36)13-42-15(2)32)21(43-16(3)33)11-28(47-26,27(37)40-6)46-20-9-7-19(8-10-20)30(38)39/h7-10,21-22,24-26H,11-13H2,1-6H3,(H,29,36). The normalized spacial score (nSPS) is 21.4. The van der Waals surface area contributed by atoms with E-state index in [2.05, 4.69) is 5.32 Å². The van der Waals surface area contributed by atoms with Crippen molar-refractivity contribution in [3.05, 3.63) is 34.4 Å². The highest BCUT2D eigenvalue weighted by Gasteiger charge is 2.60. The topological polar surface area (TPSA) is 248 Å². The van der Waals surface area contributed by atoms with E-state index in [0.29, 0.717) is 0 Å². The lowest BCUT2D eigenvalue weighted by Gasteiger charge is -2.48. The van der Waals surface area contributed by atoms with E-state index in [1.165, 1.54) is 0 Å². The number of hydrogen-bond donors (Lipinski definition) is 1. The SMILES string of the molecule is COC(=O)C1(Oc2ccc([N+](=O)[O-])cc2)CC(OC(C)=O)C(NC(=O)COC(C)=O)C(C(OC(C)=O)C(COC(C)=O)OC(C)=O)O1. The first-order valence-corrected chi connectivity index (χ1v) is 13.8. The van der Waals surface area contributed by atoms with Crippen molar-refractivity contribution in [2.75, 3.05) is 20.3 Å². The fourth-order valence-electron chi connectivity index (χ4n) is 4.49. The summed E-state index contributed by atoms with van der Waals surface area (Å²) in [5.41, 5.74) is -0.329. The third-order valence-electron chi connectivity index (χ3n) is 6.19. The van der Waals surface area contributed by atoms with Crippen molar-refractivity contribution in [3.63, 3.8) is 0 Å². The number of methoxy groups -OCH3 is 1. The van der Waals surface area contributed by atoms with E-state index in [0.717, 1.165) is 66.0 Å². The molecule has 0 saturated carbocycles. The van der Waals surface area contributed by atoms with Crippen molar-refractivity contribution in [3.8, 4) is 5.75 Å². The third kappa shape index (κ3) is 11.2. The molecule has 0 radical (unpaired) electrons. The predicted molar refractivity (Wildman–Crippen MR) is 150 cm³/mol. The molecule has 47 heavy (non-hydrogen) atoms. The second-order valence-corrected chi connectivity index (χ2v) is 9.93. The van der Waals surface area contributed by atoms with Crippen LogP contribution in [0, 0.1) is 10.1 Å². The number of hydrogen-bond acceptors (Lipinski definition) is 17. The van der Waals surface area contributed by atoms with E-state index in [-0.39, 0.29) is 11.4 Å². The fourth-order valence-corrected chi connectivity index (χ4v) is 4.49. The van der Waals surface area contributed by atoms with Crippen LogP contribution in [-0.2, 0) is 66.7 Å². The molecular formula is C28H34N2O17. The number of non-ortho nitro benzene ring substituents is 1. The lowest BCUT2D eigenvalue weighted by molar-refractivity contribution is -0.384.